The molecule has 0 N–H and O–H groups in total. The lowest BCUT2D eigenvalue weighted by atomic mass is 9.96. The number of aryl methyl sites for hydroxylation is 1. The highest BCUT2D eigenvalue weighted by Crippen LogP contribution is 2.23. The highest BCUT2D eigenvalue weighted by atomic mass is 32.1. The van der Waals surface area contributed by atoms with E-state index in [1.165, 1.54) is 0 Å². The molecule has 1 aliphatic heterocycles. The Kier molecular flexibility index (Phi) is 5.34. The van der Waals surface area contributed by atoms with Crippen molar-refractivity contribution in [2.45, 2.75) is 26.3 Å². The summed E-state index contributed by atoms with van der Waals surface area (Å²) in [6, 6.07) is 9.17. The van der Waals surface area contributed by atoms with E-state index in [1.807, 2.05) is 36.1 Å². The zero-order valence-electron chi connectivity index (χ0n) is 15.7. The van der Waals surface area contributed by atoms with Gasteiger partial charge in [-0.25, -0.2) is 4.98 Å². The number of piperidine rings is 1. The molecule has 1 amide bonds. The first-order valence-corrected chi connectivity index (χ1v) is 10.2. The maximum atomic E-state index is 12.6. The van der Waals surface area contributed by atoms with Gasteiger partial charge >= 0.3 is 0 Å². The van der Waals surface area contributed by atoms with E-state index < -0.39 is 0 Å². The maximum Gasteiger partial charge on any atom is 0.263 e. The second-order valence-electron chi connectivity index (χ2n) is 7.15. The van der Waals surface area contributed by atoms with Crippen molar-refractivity contribution in [3.8, 4) is 11.3 Å². The minimum atomic E-state index is -0.0542. The Balaban J connectivity index is 1.37. The molecule has 3 aromatic rings. The molecule has 0 radical (unpaired) electrons. The van der Waals surface area contributed by atoms with Crippen LogP contribution in [0.4, 0.5) is 0 Å². The third kappa shape index (κ3) is 4.04. The van der Waals surface area contributed by atoms with Crippen LogP contribution in [0, 0.1) is 12.8 Å². The summed E-state index contributed by atoms with van der Waals surface area (Å²) < 4.78 is 1.67. The number of hydrogen-bond donors (Lipinski definition) is 0. The fourth-order valence-corrected chi connectivity index (χ4v) is 4.37. The van der Waals surface area contributed by atoms with E-state index in [2.05, 4.69) is 9.97 Å². The highest BCUT2D eigenvalue weighted by molar-refractivity contribution is 7.13. The lowest BCUT2D eigenvalue weighted by molar-refractivity contribution is 0.0687. The summed E-state index contributed by atoms with van der Waals surface area (Å²) in [5.74, 6) is 0.495. The van der Waals surface area contributed by atoms with Crippen molar-refractivity contribution in [1.82, 2.24) is 19.4 Å². The molecule has 4 heterocycles. The number of carbonyl (C=O) groups is 1. The van der Waals surface area contributed by atoms with Crippen LogP contribution in [0.2, 0.25) is 0 Å². The van der Waals surface area contributed by atoms with Crippen molar-refractivity contribution < 1.29 is 4.79 Å². The fraction of sp³-hybridized carbons (Fsp3) is 0.333. The Morgan fingerprint density at radius 3 is 2.71 bits per heavy atom. The first-order valence-electron chi connectivity index (χ1n) is 9.43. The first kappa shape index (κ1) is 18.6. The first-order chi connectivity index (χ1) is 13.6. The molecule has 0 unspecified atom stereocenters. The summed E-state index contributed by atoms with van der Waals surface area (Å²) >= 11 is 1.54. The van der Waals surface area contributed by atoms with Crippen LogP contribution in [0.1, 0.15) is 27.4 Å². The number of nitrogens with zero attached hydrogens (tertiary/aromatic N) is 4. The van der Waals surface area contributed by atoms with Gasteiger partial charge in [-0.1, -0.05) is 0 Å². The van der Waals surface area contributed by atoms with Crippen molar-refractivity contribution >= 4 is 17.2 Å². The minimum absolute atomic E-state index is 0.0542. The molecule has 3 aromatic heterocycles. The number of pyridine rings is 1. The van der Waals surface area contributed by atoms with Gasteiger partial charge in [0, 0.05) is 48.5 Å². The van der Waals surface area contributed by atoms with Gasteiger partial charge in [-0.15, -0.1) is 11.3 Å². The Morgan fingerprint density at radius 1 is 1.25 bits per heavy atom. The van der Waals surface area contributed by atoms with E-state index in [0.717, 1.165) is 41.2 Å². The van der Waals surface area contributed by atoms with E-state index in [4.69, 9.17) is 0 Å². The molecule has 0 saturated carbocycles. The van der Waals surface area contributed by atoms with Crippen molar-refractivity contribution in [2.24, 2.45) is 5.92 Å². The quantitative estimate of drug-likeness (QED) is 0.681. The van der Waals surface area contributed by atoms with Crippen molar-refractivity contribution in [3.63, 3.8) is 0 Å². The van der Waals surface area contributed by atoms with E-state index in [1.54, 1.807) is 40.7 Å². The van der Waals surface area contributed by atoms with Gasteiger partial charge in [0.05, 0.1) is 16.9 Å². The lowest BCUT2D eigenvalue weighted by Gasteiger charge is -2.32. The van der Waals surface area contributed by atoms with Crippen LogP contribution in [0.25, 0.3) is 11.3 Å². The number of likely N-dealkylation sites (tertiary alicyclic amines) is 1. The zero-order valence-corrected chi connectivity index (χ0v) is 16.6. The Labute approximate surface area is 167 Å². The molecule has 7 heteroatoms. The molecule has 0 bridgehead atoms. The number of aromatic nitrogens is 3. The van der Waals surface area contributed by atoms with Crippen LogP contribution >= 0.6 is 11.3 Å². The summed E-state index contributed by atoms with van der Waals surface area (Å²) in [6.07, 6.45) is 6.81. The van der Waals surface area contributed by atoms with Crippen LogP contribution in [0.5, 0.6) is 0 Å². The summed E-state index contributed by atoms with van der Waals surface area (Å²) in [6.45, 7) is 4.12. The van der Waals surface area contributed by atoms with Gasteiger partial charge in [-0.05, 0) is 49.9 Å². The minimum Gasteiger partial charge on any atom is -0.338 e. The van der Waals surface area contributed by atoms with Crippen LogP contribution in [-0.4, -0.2) is 38.4 Å². The number of hydrogen-bond acceptors (Lipinski definition) is 5. The van der Waals surface area contributed by atoms with Gasteiger partial charge in [0.2, 0.25) is 0 Å². The SMILES string of the molecule is Cc1ccc(C(=O)N2CCC(Cn3cnc(-c4cccnc4)cc3=O)CC2)s1. The average Bonchev–Trinajstić information content (AvgIpc) is 3.16. The van der Waals surface area contributed by atoms with Gasteiger partial charge in [0.15, 0.2) is 0 Å². The van der Waals surface area contributed by atoms with Crippen LogP contribution < -0.4 is 5.56 Å². The molecule has 28 heavy (non-hydrogen) atoms. The van der Waals surface area contributed by atoms with Crippen molar-refractivity contribution in [2.75, 3.05) is 13.1 Å². The average molecular weight is 395 g/mol. The molecule has 0 spiro atoms. The summed E-state index contributed by atoms with van der Waals surface area (Å²) in [5.41, 5.74) is 1.42. The van der Waals surface area contributed by atoms with E-state index in [-0.39, 0.29) is 11.5 Å². The largest absolute Gasteiger partial charge is 0.338 e. The van der Waals surface area contributed by atoms with Gasteiger partial charge < -0.3 is 4.90 Å². The maximum absolute atomic E-state index is 12.6. The molecule has 1 aliphatic rings. The molecule has 4 rings (SSSR count). The second-order valence-corrected chi connectivity index (χ2v) is 8.44. The number of amides is 1. The molecule has 1 saturated heterocycles. The Bertz CT molecular complexity index is 1020. The smallest absolute Gasteiger partial charge is 0.263 e. The van der Waals surface area contributed by atoms with Gasteiger partial charge in [0.25, 0.3) is 11.5 Å². The van der Waals surface area contributed by atoms with E-state index in [9.17, 15) is 9.59 Å². The predicted molar refractivity (Wildman–Crippen MR) is 109 cm³/mol. The standard InChI is InChI=1S/C21H22N4O2S/c1-15-4-5-19(28-15)21(27)24-9-6-16(7-10-24)13-25-14-23-18(11-20(25)26)17-3-2-8-22-12-17/h2-5,8,11-12,14,16H,6-7,9-10,13H2,1H3. The molecule has 0 aliphatic carbocycles. The molecule has 1 fully saturated rings. The fourth-order valence-electron chi connectivity index (χ4n) is 3.54. The molecule has 0 atom stereocenters. The molecule has 144 valence electrons. The number of rotatable bonds is 4. The van der Waals surface area contributed by atoms with Crippen LogP contribution in [-0.2, 0) is 6.54 Å². The topological polar surface area (TPSA) is 68.1 Å². The molecule has 0 aromatic carbocycles. The van der Waals surface area contributed by atoms with Gasteiger partial charge in [0.1, 0.15) is 0 Å². The number of thiophene rings is 1. The summed E-state index contributed by atoms with van der Waals surface area (Å²) in [7, 11) is 0. The van der Waals surface area contributed by atoms with Crippen LogP contribution in [0.15, 0.2) is 53.8 Å². The number of carbonyl (C=O) groups excluding carboxylic acids is 1. The normalized spacial score (nSPS) is 15.0. The monoisotopic (exact) mass is 394 g/mol. The Morgan fingerprint density at radius 2 is 2.07 bits per heavy atom. The summed E-state index contributed by atoms with van der Waals surface area (Å²) in [5, 5.41) is 0. The van der Waals surface area contributed by atoms with Crippen molar-refractivity contribution in [1.29, 1.82) is 0 Å². The predicted octanol–water partition coefficient (Wildman–Crippen LogP) is 3.23. The van der Waals surface area contributed by atoms with Crippen LogP contribution in [0.3, 0.4) is 0 Å². The Hall–Kier alpha value is -2.80. The molecular weight excluding hydrogens is 372 g/mol. The van der Waals surface area contributed by atoms with Gasteiger partial charge in [-0.3, -0.25) is 19.1 Å². The van der Waals surface area contributed by atoms with Crippen molar-refractivity contribution in [3.05, 3.63) is 69.2 Å². The highest BCUT2D eigenvalue weighted by Gasteiger charge is 2.24. The lowest BCUT2D eigenvalue weighted by Crippen LogP contribution is -2.39. The summed E-state index contributed by atoms with van der Waals surface area (Å²) in [4.78, 5) is 37.4. The third-order valence-electron chi connectivity index (χ3n) is 5.14. The molecule has 6 nitrogen and oxygen atoms in total. The zero-order chi connectivity index (χ0) is 19.5. The second kappa shape index (κ2) is 8.06. The van der Waals surface area contributed by atoms with E-state index >= 15 is 0 Å². The third-order valence-corrected chi connectivity index (χ3v) is 6.13. The van der Waals surface area contributed by atoms with Gasteiger partial charge in [-0.2, -0.15) is 0 Å². The molecular formula is C21H22N4O2S. The van der Waals surface area contributed by atoms with E-state index in [0.29, 0.717) is 18.2 Å².